The Kier molecular flexibility index (Phi) is 17.4. The first-order valence-electron chi connectivity index (χ1n) is 13.0. The van der Waals surface area contributed by atoms with Crippen LogP contribution in [0.25, 0.3) is 11.8 Å². The maximum absolute atomic E-state index is 12.7. The van der Waals surface area contributed by atoms with Crippen LogP contribution in [0.5, 0.6) is 0 Å². The van der Waals surface area contributed by atoms with Gasteiger partial charge in [0.05, 0.1) is 11.4 Å². The van der Waals surface area contributed by atoms with Gasteiger partial charge in [-0.25, -0.2) is 9.38 Å². The smallest absolute Gasteiger partial charge is 0.222 e. The molecule has 0 aliphatic heterocycles. The Morgan fingerprint density at radius 2 is 1.97 bits per heavy atom. The van der Waals surface area contributed by atoms with Gasteiger partial charge in [0, 0.05) is 30.9 Å². The van der Waals surface area contributed by atoms with Gasteiger partial charge in [-0.2, -0.15) is 0 Å². The van der Waals surface area contributed by atoms with Crippen molar-refractivity contribution in [2.24, 2.45) is 16.6 Å². The van der Waals surface area contributed by atoms with E-state index >= 15 is 0 Å². The maximum atomic E-state index is 12.7. The van der Waals surface area contributed by atoms with Gasteiger partial charge in [-0.1, -0.05) is 52.5 Å². The van der Waals surface area contributed by atoms with Crippen LogP contribution < -0.4 is 11.1 Å². The summed E-state index contributed by atoms with van der Waals surface area (Å²) in [5.41, 5.74) is 8.03. The predicted octanol–water partition coefficient (Wildman–Crippen LogP) is 7.71. The highest BCUT2D eigenvalue weighted by molar-refractivity contribution is 5.99. The van der Waals surface area contributed by atoms with E-state index in [1.807, 2.05) is 51.1 Å². The molecule has 3 N–H and O–H groups in total. The van der Waals surface area contributed by atoms with Crippen molar-refractivity contribution in [3.63, 3.8) is 0 Å². The molecule has 0 fully saturated rings. The molecule has 3 unspecified atom stereocenters. The first kappa shape index (κ1) is 33.8. The normalized spacial score (nSPS) is 14.4. The Labute approximate surface area is 224 Å². The van der Waals surface area contributed by atoms with Crippen LogP contribution in [0.15, 0.2) is 47.7 Å². The lowest BCUT2D eigenvalue weighted by atomic mass is 10.1. The number of carbonyl (C=O) groups is 1. The van der Waals surface area contributed by atoms with Crippen LogP contribution in [-0.4, -0.2) is 24.0 Å². The number of halogens is 1. The molecule has 0 heterocycles. The van der Waals surface area contributed by atoms with E-state index in [0.29, 0.717) is 25.1 Å². The van der Waals surface area contributed by atoms with E-state index in [0.717, 1.165) is 41.2 Å². The Morgan fingerprint density at radius 3 is 2.46 bits per heavy atom. The molecule has 3 atom stereocenters. The molecule has 0 saturated carbocycles. The average molecular weight is 512 g/mol. The molecular weight excluding hydrogens is 465 g/mol. The third-order valence-electron chi connectivity index (χ3n) is 5.66. The Morgan fingerprint density at radius 1 is 1.30 bits per heavy atom. The summed E-state index contributed by atoms with van der Waals surface area (Å²) in [6.07, 6.45) is 13.3. The summed E-state index contributed by atoms with van der Waals surface area (Å²) in [5, 5.41) is 2.86. The van der Waals surface area contributed by atoms with E-state index in [1.54, 1.807) is 13.0 Å². The van der Waals surface area contributed by atoms with E-state index in [-0.39, 0.29) is 17.9 Å². The van der Waals surface area contributed by atoms with E-state index in [2.05, 4.69) is 31.7 Å². The van der Waals surface area contributed by atoms with Crippen molar-refractivity contribution < 1.29 is 13.9 Å². The van der Waals surface area contributed by atoms with Crippen LogP contribution in [0, 0.1) is 18.3 Å². The van der Waals surface area contributed by atoms with E-state index in [1.165, 1.54) is 6.92 Å². The molecule has 204 valence electrons. The third-order valence-corrected chi connectivity index (χ3v) is 5.66. The highest BCUT2D eigenvalue weighted by Crippen LogP contribution is 2.28. The van der Waals surface area contributed by atoms with E-state index < -0.39 is 6.17 Å². The number of terminal acetylenes is 1. The number of hydrogen-bond donors (Lipinski definition) is 2. The second-order valence-electron chi connectivity index (χ2n) is 8.77. The number of nitrogens with zero attached hydrogens (tertiary/aromatic N) is 1. The summed E-state index contributed by atoms with van der Waals surface area (Å²) in [7, 11) is 0. The number of carbonyl (C=O) groups excluding carboxylic acids is 1. The summed E-state index contributed by atoms with van der Waals surface area (Å²) in [5.74, 6) is 4.75. The minimum atomic E-state index is -0.895. The molecule has 6 heteroatoms. The molecule has 5 nitrogen and oxygen atoms in total. The van der Waals surface area contributed by atoms with Gasteiger partial charge in [-0.3, -0.25) is 4.79 Å². The topological polar surface area (TPSA) is 76.7 Å². The first-order valence-corrected chi connectivity index (χ1v) is 13.0. The number of aliphatic imine (C=N–C) groups is 1. The van der Waals surface area contributed by atoms with Gasteiger partial charge in [-0.15, -0.1) is 12.3 Å². The molecule has 0 aromatic heterocycles. The van der Waals surface area contributed by atoms with Crippen LogP contribution in [-0.2, 0) is 9.53 Å². The lowest BCUT2D eigenvalue weighted by molar-refractivity contribution is -0.117. The van der Waals surface area contributed by atoms with Crippen LogP contribution >= 0.6 is 0 Å². The Hall–Kier alpha value is -3.17. The summed E-state index contributed by atoms with van der Waals surface area (Å²) in [6.45, 7) is 17.2. The van der Waals surface area contributed by atoms with Crippen LogP contribution in [0.2, 0.25) is 0 Å². The molecular formula is C31H46FN3O2. The summed E-state index contributed by atoms with van der Waals surface area (Å²) in [6, 6.07) is 5.55. The minimum Gasteiger partial charge on any atom is -0.462 e. The lowest BCUT2D eigenvalue weighted by Gasteiger charge is -2.15. The minimum absolute atomic E-state index is 0.122. The second-order valence-corrected chi connectivity index (χ2v) is 8.77. The number of allylic oxidation sites excluding steroid dienone is 3. The molecule has 37 heavy (non-hydrogen) atoms. The first-order chi connectivity index (χ1) is 17.6. The number of rotatable bonds is 12. The number of nitrogens with one attached hydrogen (secondary N) is 1. The molecule has 1 aromatic rings. The largest absolute Gasteiger partial charge is 0.462 e. The zero-order valence-corrected chi connectivity index (χ0v) is 23.7. The van der Waals surface area contributed by atoms with Gasteiger partial charge in [0.15, 0.2) is 0 Å². The number of amidine groups is 1. The number of benzene rings is 1. The van der Waals surface area contributed by atoms with Gasteiger partial charge in [0.2, 0.25) is 5.91 Å². The van der Waals surface area contributed by atoms with Gasteiger partial charge in [-0.05, 0) is 63.3 Å². The SMILES string of the molecule is C#CCCC(N)C(F)CC.C=Cc1ccc(/C(=C/C)O/C(C)=C/CC)cc1N=C(NC(C)=O)C(C)CC. The molecule has 0 radical (unpaired) electrons. The monoisotopic (exact) mass is 511 g/mol. The molecule has 1 aromatic carbocycles. The molecule has 1 amide bonds. The van der Waals surface area contributed by atoms with Crippen molar-refractivity contribution in [2.45, 2.75) is 92.8 Å². The van der Waals surface area contributed by atoms with Gasteiger partial charge < -0.3 is 15.8 Å². The highest BCUT2D eigenvalue weighted by Gasteiger charge is 2.14. The number of nitrogens with two attached hydrogens (primary N) is 1. The standard InChI is InChI=1S/C23H32N2O2.C8H14FN/c1-8-12-17(6)27-22(11-4)20-14-13-19(10-3)21(15-20)25-23(16(5)9-2)24-18(7)26;1-3-5-6-8(10)7(9)4-2/h10-16H,3,8-9H2,1-2,4-7H3,(H,24,25,26);1,7-8H,4-6,10H2,2H3/b17-12+,22-11-;. The molecule has 1 rings (SSSR count). The molecule has 0 saturated heterocycles. The Balaban J connectivity index is 0.00000109. The van der Waals surface area contributed by atoms with Crippen molar-refractivity contribution in [2.75, 3.05) is 0 Å². The molecule has 0 spiro atoms. The average Bonchev–Trinajstić information content (AvgIpc) is 2.89. The molecule has 0 aliphatic rings. The number of ether oxygens (including phenoxy) is 1. The fourth-order valence-electron chi connectivity index (χ4n) is 3.25. The van der Waals surface area contributed by atoms with Gasteiger partial charge in [0.25, 0.3) is 0 Å². The quantitative estimate of drug-likeness (QED) is 0.131. The van der Waals surface area contributed by atoms with Crippen molar-refractivity contribution in [3.05, 3.63) is 53.8 Å². The summed E-state index contributed by atoms with van der Waals surface area (Å²) >= 11 is 0. The predicted molar refractivity (Wildman–Crippen MR) is 157 cm³/mol. The number of amides is 1. The number of hydrogen-bond acceptors (Lipinski definition) is 4. The zero-order valence-electron chi connectivity index (χ0n) is 23.7. The van der Waals surface area contributed by atoms with Crippen LogP contribution in [0.1, 0.15) is 91.7 Å². The van der Waals surface area contributed by atoms with E-state index in [4.69, 9.17) is 21.9 Å². The highest BCUT2D eigenvalue weighted by atomic mass is 19.1. The van der Waals surface area contributed by atoms with Crippen molar-refractivity contribution >= 4 is 29.3 Å². The third kappa shape index (κ3) is 13.1. The summed E-state index contributed by atoms with van der Waals surface area (Å²) in [4.78, 5) is 16.3. The van der Waals surface area contributed by atoms with Crippen molar-refractivity contribution in [1.29, 1.82) is 0 Å². The van der Waals surface area contributed by atoms with E-state index in [9.17, 15) is 9.18 Å². The zero-order chi connectivity index (χ0) is 28.4. The molecule has 0 aliphatic carbocycles. The number of alkyl halides is 1. The second kappa shape index (κ2) is 19.0. The van der Waals surface area contributed by atoms with Crippen LogP contribution in [0.4, 0.5) is 10.1 Å². The fraction of sp³-hybridized carbons (Fsp3) is 0.484. The van der Waals surface area contributed by atoms with Gasteiger partial charge in [0.1, 0.15) is 17.8 Å². The van der Waals surface area contributed by atoms with Crippen molar-refractivity contribution in [1.82, 2.24) is 5.32 Å². The summed E-state index contributed by atoms with van der Waals surface area (Å²) < 4.78 is 18.6. The maximum Gasteiger partial charge on any atom is 0.222 e. The Bertz CT molecular complexity index is 989. The molecule has 0 bridgehead atoms. The lowest BCUT2D eigenvalue weighted by Crippen LogP contribution is -2.32. The fourth-order valence-corrected chi connectivity index (χ4v) is 3.25. The van der Waals surface area contributed by atoms with Crippen LogP contribution in [0.3, 0.4) is 0 Å². The van der Waals surface area contributed by atoms with Gasteiger partial charge >= 0.3 is 0 Å². The van der Waals surface area contributed by atoms with Crippen molar-refractivity contribution in [3.8, 4) is 12.3 Å².